The zero-order valence-electron chi connectivity index (χ0n) is 16.5. The molecule has 2 rings (SSSR count). The molecule has 152 valence electrons. The van der Waals surface area contributed by atoms with Gasteiger partial charge in [-0.2, -0.15) is 0 Å². The van der Waals surface area contributed by atoms with Gasteiger partial charge in [0.2, 0.25) is 0 Å². The zero-order chi connectivity index (χ0) is 20.8. The molecule has 2 aromatic carbocycles. The molecule has 0 saturated carbocycles. The molecular weight excluding hydrogens is 358 g/mol. The number of rotatable bonds is 10. The fourth-order valence-electron chi connectivity index (χ4n) is 2.04. The number of carboxylic acid groups (broad SMARTS) is 1. The predicted octanol–water partition coefficient (Wildman–Crippen LogP) is 4.41. The van der Waals surface area contributed by atoms with Crippen molar-refractivity contribution in [2.24, 2.45) is 0 Å². The molecule has 0 atom stereocenters. The van der Waals surface area contributed by atoms with Crippen molar-refractivity contribution in [2.45, 2.75) is 19.8 Å². The predicted molar refractivity (Wildman–Crippen MR) is 111 cm³/mol. The maximum atomic E-state index is 10.7. The number of carbonyl (C=O) groups is 1. The van der Waals surface area contributed by atoms with E-state index in [1.165, 1.54) is 12.1 Å². The Morgan fingerprint density at radius 2 is 1.57 bits per heavy atom. The Kier molecular flexibility index (Phi) is 10.9. The monoisotopic (exact) mass is 387 g/mol. The molecule has 0 aromatic heterocycles. The smallest absolute Gasteiger partial charge is 0.335 e. The molecule has 0 amide bonds. The number of hydrogen-bond donors (Lipinski definition) is 2. The minimum Gasteiger partial charge on any atom is -0.497 e. The van der Waals surface area contributed by atoms with Crippen molar-refractivity contribution in [3.63, 3.8) is 0 Å². The lowest BCUT2D eigenvalue weighted by molar-refractivity contribution is 0.0697. The quantitative estimate of drug-likeness (QED) is 0.356. The molecule has 6 heteroatoms. The maximum Gasteiger partial charge on any atom is 0.335 e. The van der Waals surface area contributed by atoms with E-state index in [0.717, 1.165) is 29.9 Å². The number of anilines is 1. The Hall–Kier alpha value is -2.99. The second-order valence-corrected chi connectivity index (χ2v) is 6.17. The highest BCUT2D eigenvalue weighted by molar-refractivity contribution is 5.87. The Labute approximate surface area is 166 Å². The molecule has 0 heterocycles. The normalized spacial score (nSPS) is 9.79. The first-order chi connectivity index (χ1) is 13.4. The molecular formula is C22H29NO5. The Morgan fingerprint density at radius 3 is 2.11 bits per heavy atom. The number of nitrogens with two attached hydrogens (primary N) is 1. The van der Waals surface area contributed by atoms with Crippen LogP contribution in [0.15, 0.2) is 60.7 Å². The van der Waals surface area contributed by atoms with Crippen LogP contribution in [0.2, 0.25) is 0 Å². The minimum absolute atomic E-state index is 0.264. The molecule has 2 aromatic rings. The van der Waals surface area contributed by atoms with Crippen LogP contribution in [0.4, 0.5) is 5.69 Å². The molecule has 0 aliphatic heterocycles. The molecule has 6 nitrogen and oxygen atoms in total. The van der Waals surface area contributed by atoms with Gasteiger partial charge in [-0.05, 0) is 68.3 Å². The lowest BCUT2D eigenvalue weighted by atomic mass is 10.2. The van der Waals surface area contributed by atoms with Crippen molar-refractivity contribution in [3.8, 4) is 11.5 Å². The van der Waals surface area contributed by atoms with E-state index < -0.39 is 5.97 Å². The summed E-state index contributed by atoms with van der Waals surface area (Å²) >= 11 is 0. The first-order valence-electron chi connectivity index (χ1n) is 9.00. The van der Waals surface area contributed by atoms with Crippen molar-refractivity contribution in [3.05, 3.63) is 66.2 Å². The van der Waals surface area contributed by atoms with Crippen LogP contribution in [0.5, 0.6) is 11.5 Å². The molecule has 0 bridgehead atoms. The van der Waals surface area contributed by atoms with Gasteiger partial charge in [0.05, 0.1) is 25.9 Å². The number of aromatic carboxylic acids is 1. The summed E-state index contributed by atoms with van der Waals surface area (Å²) in [6.45, 7) is 7.60. The van der Waals surface area contributed by atoms with Crippen LogP contribution < -0.4 is 15.2 Å². The van der Waals surface area contributed by atoms with Crippen LogP contribution in [-0.2, 0) is 4.74 Å². The van der Waals surface area contributed by atoms with E-state index >= 15 is 0 Å². The average molecular weight is 387 g/mol. The number of nitrogen functional groups attached to an aromatic ring is 1. The van der Waals surface area contributed by atoms with Gasteiger partial charge in [0.25, 0.3) is 0 Å². The van der Waals surface area contributed by atoms with E-state index in [1.807, 2.05) is 19.1 Å². The molecule has 0 saturated heterocycles. The summed E-state index contributed by atoms with van der Waals surface area (Å²) in [5.41, 5.74) is 7.47. The number of unbranched alkanes of at least 4 members (excludes halogenated alkanes) is 1. The summed E-state index contributed by atoms with van der Waals surface area (Å²) in [7, 11) is 1.63. The van der Waals surface area contributed by atoms with Gasteiger partial charge in [0, 0.05) is 12.3 Å². The van der Waals surface area contributed by atoms with E-state index in [-0.39, 0.29) is 5.56 Å². The molecule has 0 aliphatic carbocycles. The molecule has 0 aliphatic rings. The van der Waals surface area contributed by atoms with Crippen LogP contribution in [0, 0.1) is 0 Å². The lowest BCUT2D eigenvalue weighted by Gasteiger charge is -2.07. The summed E-state index contributed by atoms with van der Waals surface area (Å²) in [6, 6.07) is 13.7. The fraction of sp³-hybridized carbons (Fsp3) is 0.318. The van der Waals surface area contributed by atoms with Crippen molar-refractivity contribution in [1.82, 2.24) is 0 Å². The Bertz CT molecular complexity index is 711. The second-order valence-electron chi connectivity index (χ2n) is 6.17. The third-order valence-corrected chi connectivity index (χ3v) is 3.52. The standard InChI is InChI=1S/C15H20O4.C7H9NO/c1-12(2)11-18-9-3-4-10-19-14-7-5-13(6-8-14)15(16)17;1-9-7-4-2-6(8)3-5-7/h5-8H,1,3-4,9-11H2,2H3,(H,16,17);2-5H,8H2,1H3. The van der Waals surface area contributed by atoms with Crippen LogP contribution >= 0.6 is 0 Å². The number of hydrogen-bond acceptors (Lipinski definition) is 5. The van der Waals surface area contributed by atoms with Crippen molar-refractivity contribution in [1.29, 1.82) is 0 Å². The van der Waals surface area contributed by atoms with E-state index in [2.05, 4.69) is 6.58 Å². The Balaban J connectivity index is 0.000000362. The van der Waals surface area contributed by atoms with E-state index in [4.69, 9.17) is 25.1 Å². The molecule has 3 N–H and O–H groups in total. The fourth-order valence-corrected chi connectivity index (χ4v) is 2.04. The highest BCUT2D eigenvalue weighted by Crippen LogP contribution is 2.13. The summed E-state index contributed by atoms with van der Waals surface area (Å²) in [5, 5.41) is 8.75. The molecule has 0 fully saturated rings. The van der Waals surface area contributed by atoms with Crippen LogP contribution in [-0.4, -0.2) is 38.0 Å². The van der Waals surface area contributed by atoms with Gasteiger partial charge in [-0.3, -0.25) is 0 Å². The highest BCUT2D eigenvalue weighted by Gasteiger charge is 2.01. The number of carboxylic acids is 1. The molecule has 28 heavy (non-hydrogen) atoms. The van der Waals surface area contributed by atoms with Crippen LogP contribution in [0.25, 0.3) is 0 Å². The second kappa shape index (κ2) is 13.2. The average Bonchev–Trinajstić information content (AvgIpc) is 2.68. The maximum absolute atomic E-state index is 10.7. The molecule has 0 radical (unpaired) electrons. The molecule has 0 unspecified atom stereocenters. The zero-order valence-corrected chi connectivity index (χ0v) is 16.5. The lowest BCUT2D eigenvalue weighted by Crippen LogP contribution is -2.02. The summed E-state index contributed by atoms with van der Waals surface area (Å²) in [6.07, 6.45) is 1.83. The largest absolute Gasteiger partial charge is 0.497 e. The van der Waals surface area contributed by atoms with Gasteiger partial charge in [-0.25, -0.2) is 4.79 Å². The van der Waals surface area contributed by atoms with Crippen LogP contribution in [0.1, 0.15) is 30.1 Å². The number of ether oxygens (including phenoxy) is 3. The first-order valence-corrected chi connectivity index (χ1v) is 9.00. The third-order valence-electron chi connectivity index (χ3n) is 3.52. The first kappa shape index (κ1) is 23.0. The van der Waals surface area contributed by atoms with Gasteiger partial charge < -0.3 is 25.1 Å². The highest BCUT2D eigenvalue weighted by atomic mass is 16.5. The van der Waals surface area contributed by atoms with Gasteiger partial charge in [0.1, 0.15) is 11.5 Å². The number of methoxy groups -OCH3 is 1. The topological polar surface area (TPSA) is 91.0 Å². The third kappa shape index (κ3) is 10.2. The van der Waals surface area contributed by atoms with Gasteiger partial charge in [-0.15, -0.1) is 0 Å². The van der Waals surface area contributed by atoms with Crippen LogP contribution in [0.3, 0.4) is 0 Å². The van der Waals surface area contributed by atoms with Crippen molar-refractivity contribution < 1.29 is 24.1 Å². The molecule has 0 spiro atoms. The van der Waals surface area contributed by atoms with Crippen molar-refractivity contribution >= 4 is 11.7 Å². The summed E-state index contributed by atoms with van der Waals surface area (Å²) < 4.78 is 15.8. The summed E-state index contributed by atoms with van der Waals surface area (Å²) in [4.78, 5) is 10.7. The minimum atomic E-state index is -0.929. The number of benzene rings is 2. The van der Waals surface area contributed by atoms with Gasteiger partial charge in [0.15, 0.2) is 0 Å². The SMILES string of the molecule is C=C(C)COCCCCOc1ccc(C(=O)O)cc1.COc1ccc(N)cc1. The Morgan fingerprint density at radius 1 is 1.00 bits per heavy atom. The van der Waals surface area contributed by atoms with E-state index in [0.29, 0.717) is 25.6 Å². The van der Waals surface area contributed by atoms with Gasteiger partial charge in [-0.1, -0.05) is 12.2 Å². The van der Waals surface area contributed by atoms with Crippen molar-refractivity contribution in [2.75, 3.05) is 32.7 Å². The van der Waals surface area contributed by atoms with Gasteiger partial charge >= 0.3 is 5.97 Å². The summed E-state index contributed by atoms with van der Waals surface area (Å²) in [5.74, 6) is 0.596. The van der Waals surface area contributed by atoms with E-state index in [1.54, 1.807) is 31.4 Å². The van der Waals surface area contributed by atoms with E-state index in [9.17, 15) is 4.79 Å².